The summed E-state index contributed by atoms with van der Waals surface area (Å²) < 4.78 is 0. The fraction of sp³-hybridized carbons (Fsp3) is 0.182. The highest BCUT2D eigenvalue weighted by Crippen LogP contribution is 2.39. The maximum atomic E-state index is 13.7. The topological polar surface area (TPSA) is 200 Å². The Morgan fingerprint density at radius 3 is 1.24 bits per heavy atom. The molecule has 0 bridgehead atoms. The highest BCUT2D eigenvalue weighted by Gasteiger charge is 2.28. The fourth-order valence-electron chi connectivity index (χ4n) is 6.03. The van der Waals surface area contributed by atoms with Crippen LogP contribution in [-0.4, -0.2) is 47.3 Å². The lowest BCUT2D eigenvalue weighted by atomic mass is 10.0. The van der Waals surface area contributed by atoms with Crippen molar-refractivity contribution < 1.29 is 28.8 Å². The molecule has 66 heavy (non-hydrogen) atoms. The molecule has 4 amide bonds. The Balaban J connectivity index is 1.32. The highest BCUT2D eigenvalue weighted by molar-refractivity contribution is 6.48. The van der Waals surface area contributed by atoms with Crippen molar-refractivity contribution in [3.05, 3.63) is 135 Å². The molecule has 0 aliphatic heterocycles. The molecule has 0 fully saturated rings. The minimum absolute atomic E-state index is 0.0153. The summed E-state index contributed by atoms with van der Waals surface area (Å²) in [6, 6.07) is 14.3. The zero-order chi connectivity index (χ0) is 48.6. The third-order valence-electron chi connectivity index (χ3n) is 9.42. The molecule has 0 spiro atoms. The second-order valence-electron chi connectivity index (χ2n) is 13.9. The van der Waals surface area contributed by atoms with Gasteiger partial charge in [-0.2, -0.15) is 20.5 Å². The van der Waals surface area contributed by atoms with Crippen LogP contribution in [0.1, 0.15) is 59.5 Å². The van der Waals surface area contributed by atoms with E-state index in [-0.39, 0.29) is 79.7 Å². The van der Waals surface area contributed by atoms with E-state index < -0.39 is 47.3 Å². The van der Waals surface area contributed by atoms with Crippen LogP contribution in [0.25, 0.3) is 0 Å². The third kappa shape index (κ3) is 12.2. The monoisotopic (exact) mass is 1050 g/mol. The van der Waals surface area contributed by atoms with E-state index >= 15 is 0 Å². The Labute approximate surface area is 417 Å². The van der Waals surface area contributed by atoms with E-state index in [0.29, 0.717) is 29.7 Å². The number of nitrogens with one attached hydrogen (secondary N) is 4. The Kier molecular flexibility index (Phi) is 18.1. The van der Waals surface area contributed by atoms with E-state index in [9.17, 15) is 28.8 Å². The molecular weight excluding hydrogens is 1020 g/mol. The molecule has 2 unspecified atom stereocenters. The lowest BCUT2D eigenvalue weighted by molar-refractivity contribution is -0.127. The van der Waals surface area contributed by atoms with Gasteiger partial charge in [0.25, 0.3) is 23.6 Å². The molecule has 5 aromatic rings. The van der Waals surface area contributed by atoms with Crippen LogP contribution >= 0.6 is 92.8 Å². The van der Waals surface area contributed by atoms with Gasteiger partial charge in [-0.05, 0) is 98.5 Å². The molecule has 22 heteroatoms. The molecule has 0 aliphatic carbocycles. The standard InChI is InChI=1S/C44H34Cl8N8O6/c1-5-21-17-23(53-43(65)36(19(3)61)59-57-30-11-7-9-24(32(30)49)41(63)55-39-28(47)15-13-26(45)34(39)51)18-22(6-2)38(21)54-44(66)37(20(4)62)60-58-31-12-8-10-25(33(31)50)42(64)56-40-29(48)16-14-27(46)35(40)52/h7-18,36-37H,5-6H2,1-4H3,(H,53,65)(H,54,66)(H,55,63)(H,56,64). The number of ketones is 2. The van der Waals surface area contributed by atoms with E-state index in [1.165, 1.54) is 60.7 Å². The third-order valence-corrected chi connectivity index (χ3v) is 12.5. The molecule has 342 valence electrons. The lowest BCUT2D eigenvalue weighted by Crippen LogP contribution is -2.33. The Hall–Kier alpha value is -5.16. The van der Waals surface area contributed by atoms with Gasteiger partial charge in [-0.15, -0.1) is 0 Å². The van der Waals surface area contributed by atoms with Crippen molar-refractivity contribution in [1.29, 1.82) is 0 Å². The van der Waals surface area contributed by atoms with Gasteiger partial charge in [-0.1, -0.05) is 119 Å². The summed E-state index contributed by atoms with van der Waals surface area (Å²) in [6.07, 6.45) is 0.700. The van der Waals surface area contributed by atoms with Crippen molar-refractivity contribution in [3.8, 4) is 0 Å². The number of hydrogen-bond acceptors (Lipinski definition) is 10. The summed E-state index contributed by atoms with van der Waals surface area (Å²) in [4.78, 5) is 79.1. The zero-order valence-electron chi connectivity index (χ0n) is 34.8. The van der Waals surface area contributed by atoms with Gasteiger partial charge in [0.2, 0.25) is 12.1 Å². The van der Waals surface area contributed by atoms with Crippen LogP contribution in [0.5, 0.6) is 0 Å². The molecule has 0 aromatic heterocycles. The van der Waals surface area contributed by atoms with Gasteiger partial charge in [0, 0.05) is 11.4 Å². The highest BCUT2D eigenvalue weighted by atomic mass is 35.5. The van der Waals surface area contributed by atoms with Gasteiger partial charge in [-0.25, -0.2) is 0 Å². The summed E-state index contributed by atoms with van der Waals surface area (Å²) in [6.45, 7) is 5.92. The first-order valence-electron chi connectivity index (χ1n) is 19.3. The number of Topliss-reactive ketones (excluding diaryl/α,β-unsaturated/α-hetero) is 2. The van der Waals surface area contributed by atoms with Crippen LogP contribution in [0.2, 0.25) is 40.2 Å². The van der Waals surface area contributed by atoms with Gasteiger partial charge in [-0.3, -0.25) is 28.8 Å². The number of nitrogens with zero attached hydrogens (tertiary/aromatic N) is 4. The number of anilines is 4. The van der Waals surface area contributed by atoms with Crippen molar-refractivity contribution >= 4 is 162 Å². The molecule has 0 heterocycles. The average Bonchev–Trinajstić information content (AvgIpc) is 3.27. The largest absolute Gasteiger partial charge is 0.324 e. The molecule has 0 saturated carbocycles. The molecule has 4 N–H and O–H groups in total. The first kappa shape index (κ1) is 51.8. The van der Waals surface area contributed by atoms with Crippen molar-refractivity contribution in [1.82, 2.24) is 0 Å². The van der Waals surface area contributed by atoms with E-state index in [2.05, 4.69) is 41.7 Å². The second-order valence-corrected chi connectivity index (χ2v) is 17.1. The Morgan fingerprint density at radius 1 is 0.485 bits per heavy atom. The summed E-state index contributed by atoms with van der Waals surface area (Å²) >= 11 is 50.1. The number of halogens is 8. The Morgan fingerprint density at radius 2 is 0.864 bits per heavy atom. The summed E-state index contributed by atoms with van der Waals surface area (Å²) in [5.74, 6) is -4.37. The molecule has 0 aliphatic rings. The molecule has 0 radical (unpaired) electrons. The van der Waals surface area contributed by atoms with Gasteiger partial charge in [0.05, 0.1) is 62.7 Å². The predicted octanol–water partition coefficient (Wildman–Crippen LogP) is 13.9. The first-order valence-corrected chi connectivity index (χ1v) is 22.4. The number of rotatable bonds is 16. The average molecular weight is 1050 g/mol. The second kappa shape index (κ2) is 23.0. The van der Waals surface area contributed by atoms with Crippen molar-refractivity contribution in [2.24, 2.45) is 20.5 Å². The summed E-state index contributed by atoms with van der Waals surface area (Å²) in [5, 5.41) is 27.0. The lowest BCUT2D eigenvalue weighted by Gasteiger charge is -2.19. The Bertz CT molecular complexity index is 2830. The quantitative estimate of drug-likeness (QED) is 0.0430. The maximum absolute atomic E-state index is 13.7. The number of carbonyl (C=O) groups is 6. The van der Waals surface area contributed by atoms with E-state index in [0.717, 1.165) is 13.8 Å². The molecular formula is C44H34Cl8N8O6. The van der Waals surface area contributed by atoms with Crippen LogP contribution in [0, 0.1) is 0 Å². The number of azo groups is 2. The van der Waals surface area contributed by atoms with E-state index in [1.807, 2.05) is 0 Å². The van der Waals surface area contributed by atoms with E-state index in [1.54, 1.807) is 26.0 Å². The van der Waals surface area contributed by atoms with Crippen molar-refractivity contribution in [2.45, 2.75) is 52.6 Å². The number of aryl methyl sites for hydroxylation is 2. The normalized spacial score (nSPS) is 12.2. The number of amides is 4. The fourth-order valence-corrected chi connectivity index (χ4v) is 7.77. The van der Waals surface area contributed by atoms with Gasteiger partial charge in [0.1, 0.15) is 11.4 Å². The number of hydrogen-bond donors (Lipinski definition) is 4. The summed E-state index contributed by atoms with van der Waals surface area (Å²) in [7, 11) is 0. The SMILES string of the molecule is CCc1cc(NC(=O)C(N=Nc2cccc(C(=O)Nc3c(Cl)ccc(Cl)c3Cl)c2Cl)C(C)=O)cc(CC)c1NC(=O)C(N=Nc1cccc(C(=O)Nc2c(Cl)ccc(Cl)c2Cl)c1Cl)C(C)=O. The molecule has 5 aromatic carbocycles. The van der Waals surface area contributed by atoms with Crippen LogP contribution < -0.4 is 21.3 Å². The van der Waals surface area contributed by atoms with Crippen molar-refractivity contribution in [2.75, 3.05) is 21.3 Å². The zero-order valence-corrected chi connectivity index (χ0v) is 40.8. The number of carbonyl (C=O) groups excluding carboxylic acids is 6. The van der Waals surface area contributed by atoms with Crippen LogP contribution in [0.15, 0.2) is 93.3 Å². The molecule has 14 nitrogen and oxygen atoms in total. The molecule has 5 rings (SSSR count). The minimum Gasteiger partial charge on any atom is -0.324 e. The van der Waals surface area contributed by atoms with Crippen LogP contribution in [-0.2, 0) is 32.0 Å². The minimum atomic E-state index is -1.64. The molecule has 0 saturated heterocycles. The maximum Gasteiger partial charge on any atom is 0.258 e. The van der Waals surface area contributed by atoms with Gasteiger partial charge >= 0.3 is 0 Å². The first-order chi connectivity index (χ1) is 31.3. The molecule has 2 atom stereocenters. The number of benzene rings is 5. The smallest absolute Gasteiger partial charge is 0.258 e. The van der Waals surface area contributed by atoms with Gasteiger partial charge < -0.3 is 21.3 Å². The van der Waals surface area contributed by atoms with Crippen LogP contribution in [0.3, 0.4) is 0 Å². The van der Waals surface area contributed by atoms with Crippen LogP contribution in [0.4, 0.5) is 34.1 Å². The van der Waals surface area contributed by atoms with Gasteiger partial charge in [0.15, 0.2) is 11.6 Å². The van der Waals surface area contributed by atoms with E-state index in [4.69, 9.17) is 92.8 Å². The predicted molar refractivity (Wildman–Crippen MR) is 262 cm³/mol. The van der Waals surface area contributed by atoms with Crippen molar-refractivity contribution in [3.63, 3.8) is 0 Å². The summed E-state index contributed by atoms with van der Waals surface area (Å²) in [5.41, 5.74) is 1.73.